The van der Waals surface area contributed by atoms with Crippen molar-refractivity contribution in [1.29, 1.82) is 0 Å². The molecule has 0 radical (unpaired) electrons. The van der Waals surface area contributed by atoms with Crippen LogP contribution in [0.4, 0.5) is 0 Å². The number of allylic oxidation sites excluding steroid dienone is 3. The molecular weight excluding hydrogens is 168 g/mol. The molecule has 0 atom stereocenters. The van der Waals surface area contributed by atoms with Gasteiger partial charge in [-0.25, -0.2) is 0 Å². The summed E-state index contributed by atoms with van der Waals surface area (Å²) < 4.78 is 0. The molecule has 13 heavy (non-hydrogen) atoms. The molecule has 3 heteroatoms. The van der Waals surface area contributed by atoms with Gasteiger partial charge in [0.1, 0.15) is 18.9 Å². The first-order chi connectivity index (χ1) is 6.24. The van der Waals surface area contributed by atoms with E-state index < -0.39 is 0 Å². The molecule has 3 nitrogen and oxygen atoms in total. The number of carbonyl (C=O) groups is 3. The van der Waals surface area contributed by atoms with Crippen molar-refractivity contribution in [2.24, 2.45) is 0 Å². The molecule has 0 rings (SSSR count). The highest BCUT2D eigenvalue weighted by atomic mass is 16.1. The summed E-state index contributed by atoms with van der Waals surface area (Å²) >= 11 is 0. The first kappa shape index (κ1) is 17.5. The van der Waals surface area contributed by atoms with Crippen molar-refractivity contribution in [1.82, 2.24) is 0 Å². The number of aldehydes is 3. The van der Waals surface area contributed by atoms with Crippen LogP contribution in [0, 0.1) is 0 Å². The van der Waals surface area contributed by atoms with E-state index in [0.29, 0.717) is 12.7 Å². The van der Waals surface area contributed by atoms with E-state index in [1.54, 1.807) is 13.0 Å². The van der Waals surface area contributed by atoms with E-state index in [-0.39, 0.29) is 0 Å². The van der Waals surface area contributed by atoms with Gasteiger partial charge in [-0.15, -0.1) is 0 Å². The Kier molecular flexibility index (Phi) is 42.3. The lowest BCUT2D eigenvalue weighted by atomic mass is 10.6. The van der Waals surface area contributed by atoms with Gasteiger partial charge in [0.2, 0.25) is 0 Å². The summed E-state index contributed by atoms with van der Waals surface area (Å²) in [5.74, 6) is 0. The minimum atomic E-state index is 0.639. The van der Waals surface area contributed by atoms with Gasteiger partial charge in [-0.05, 0) is 19.1 Å². The lowest BCUT2D eigenvalue weighted by molar-refractivity contribution is -0.107. The molecule has 0 aliphatic carbocycles. The molecule has 0 aliphatic rings. The summed E-state index contributed by atoms with van der Waals surface area (Å²) in [5, 5.41) is 0. The van der Waals surface area contributed by atoms with Crippen molar-refractivity contribution in [3.63, 3.8) is 0 Å². The van der Waals surface area contributed by atoms with Crippen LogP contribution >= 0.6 is 0 Å². The molecule has 0 heterocycles. The summed E-state index contributed by atoms with van der Waals surface area (Å²) in [7, 11) is 0. The Morgan fingerprint density at radius 3 is 1.54 bits per heavy atom. The van der Waals surface area contributed by atoms with E-state index in [1.165, 1.54) is 12.2 Å². The Balaban J connectivity index is -0.000000117. The largest absolute Gasteiger partial charge is 0.303 e. The van der Waals surface area contributed by atoms with Gasteiger partial charge in [0.05, 0.1) is 0 Å². The number of rotatable bonds is 3. The first-order valence-electron chi connectivity index (χ1n) is 3.81. The number of hydrogen-bond acceptors (Lipinski definition) is 3. The van der Waals surface area contributed by atoms with Crippen LogP contribution < -0.4 is 0 Å². The second-order valence-electron chi connectivity index (χ2n) is 1.61. The van der Waals surface area contributed by atoms with Gasteiger partial charge < -0.3 is 4.79 Å². The van der Waals surface area contributed by atoms with Crippen LogP contribution in [-0.2, 0) is 14.4 Å². The summed E-state index contributed by atoms with van der Waals surface area (Å²) in [6, 6.07) is 0. The van der Waals surface area contributed by atoms with Gasteiger partial charge >= 0.3 is 0 Å². The molecule has 0 spiro atoms. The van der Waals surface area contributed by atoms with Crippen molar-refractivity contribution in [3.8, 4) is 0 Å². The van der Waals surface area contributed by atoms with Crippen molar-refractivity contribution in [2.75, 3.05) is 0 Å². The maximum Gasteiger partial charge on any atom is 0.142 e. The Morgan fingerprint density at radius 1 is 1.15 bits per heavy atom. The van der Waals surface area contributed by atoms with Gasteiger partial charge in [-0.1, -0.05) is 19.6 Å². The van der Waals surface area contributed by atoms with Crippen LogP contribution in [-0.4, -0.2) is 18.9 Å². The molecule has 0 N–H and O–H groups in total. The molecule has 0 fully saturated rings. The average Bonchev–Trinajstić information content (AvgIpc) is 2.20. The molecule has 0 unspecified atom stereocenters. The van der Waals surface area contributed by atoms with Crippen LogP contribution in [0.5, 0.6) is 0 Å². The highest BCUT2D eigenvalue weighted by molar-refractivity contribution is 5.64. The fourth-order valence-corrected chi connectivity index (χ4v) is 0.0786. The van der Waals surface area contributed by atoms with Crippen LogP contribution in [0.2, 0.25) is 0 Å². The smallest absolute Gasteiger partial charge is 0.142 e. The zero-order valence-corrected chi connectivity index (χ0v) is 8.10. The molecular formula is C10H16O3. The zero-order valence-electron chi connectivity index (χ0n) is 8.10. The molecule has 0 bridgehead atoms. The van der Waals surface area contributed by atoms with E-state index in [0.717, 1.165) is 12.6 Å². The van der Waals surface area contributed by atoms with E-state index in [4.69, 9.17) is 4.79 Å². The fourth-order valence-electron chi connectivity index (χ4n) is 0.0786. The van der Waals surface area contributed by atoms with E-state index in [2.05, 4.69) is 6.58 Å². The minimum Gasteiger partial charge on any atom is -0.303 e. The Hall–Kier alpha value is -1.51. The van der Waals surface area contributed by atoms with E-state index in [1.807, 2.05) is 6.92 Å². The number of hydrogen-bond donors (Lipinski definition) is 0. The van der Waals surface area contributed by atoms with Crippen molar-refractivity contribution >= 4 is 18.9 Å². The third kappa shape index (κ3) is 122. The van der Waals surface area contributed by atoms with Gasteiger partial charge in [0.15, 0.2) is 0 Å². The topological polar surface area (TPSA) is 51.2 Å². The highest BCUT2D eigenvalue weighted by Gasteiger charge is 1.52. The zero-order chi connectivity index (χ0) is 10.9. The molecule has 0 aromatic carbocycles. The summed E-state index contributed by atoms with van der Waals surface area (Å²) in [5.41, 5.74) is 0. The quantitative estimate of drug-likeness (QED) is 0.495. The summed E-state index contributed by atoms with van der Waals surface area (Å²) in [6.07, 6.45) is 7.23. The predicted octanol–water partition coefficient (Wildman–Crippen LogP) is 1.73. The van der Waals surface area contributed by atoms with Gasteiger partial charge in [0, 0.05) is 6.42 Å². The number of carbonyl (C=O) groups excluding carboxylic acids is 3. The molecule has 0 aromatic rings. The maximum atomic E-state index is 9.32. The van der Waals surface area contributed by atoms with Crippen LogP contribution in [0.25, 0.3) is 0 Å². The average molecular weight is 184 g/mol. The second kappa shape index (κ2) is 31.3. The summed E-state index contributed by atoms with van der Waals surface area (Å²) in [6.45, 7) is 6.72. The standard InChI is InChI=1S/C4H6O.C3H6O.C3H4O/c1-2-3-4-5;2*1-2-3-4/h2-4H,1H3;3H,2H2,1H3;2-3H,1H2. The molecule has 0 aromatic heterocycles. The SMILES string of the molecule is C=CC=O.CC=CC=O.CCC=O. The van der Waals surface area contributed by atoms with Crippen LogP contribution in [0.15, 0.2) is 24.8 Å². The third-order valence-corrected chi connectivity index (χ3v) is 0.534. The van der Waals surface area contributed by atoms with Gasteiger partial charge in [-0.2, -0.15) is 0 Å². The molecule has 0 amide bonds. The Morgan fingerprint density at radius 2 is 1.54 bits per heavy atom. The monoisotopic (exact) mass is 184 g/mol. The first-order valence-corrected chi connectivity index (χ1v) is 3.81. The predicted molar refractivity (Wildman–Crippen MR) is 53.5 cm³/mol. The normalized spacial score (nSPS) is 6.92. The van der Waals surface area contributed by atoms with Gasteiger partial charge in [0.25, 0.3) is 0 Å². The lowest BCUT2D eigenvalue weighted by Gasteiger charge is -1.51. The minimum absolute atomic E-state index is 0.639. The Labute approximate surface area is 79.1 Å². The maximum absolute atomic E-state index is 9.32. The molecule has 0 saturated carbocycles. The fraction of sp³-hybridized carbons (Fsp3) is 0.300. The molecule has 0 aliphatic heterocycles. The second-order valence-corrected chi connectivity index (χ2v) is 1.61. The summed E-state index contributed by atoms with van der Waals surface area (Å²) in [4.78, 5) is 27.5. The Bertz CT molecular complexity index is 142. The highest BCUT2D eigenvalue weighted by Crippen LogP contribution is 1.55. The van der Waals surface area contributed by atoms with E-state index >= 15 is 0 Å². The van der Waals surface area contributed by atoms with Crippen LogP contribution in [0.1, 0.15) is 20.3 Å². The van der Waals surface area contributed by atoms with Crippen molar-refractivity contribution < 1.29 is 14.4 Å². The van der Waals surface area contributed by atoms with Crippen molar-refractivity contribution in [3.05, 3.63) is 24.8 Å². The third-order valence-electron chi connectivity index (χ3n) is 0.534. The molecule has 0 saturated heterocycles. The van der Waals surface area contributed by atoms with Crippen molar-refractivity contribution in [2.45, 2.75) is 20.3 Å². The van der Waals surface area contributed by atoms with E-state index in [9.17, 15) is 9.59 Å². The molecule has 74 valence electrons. The van der Waals surface area contributed by atoms with Gasteiger partial charge in [-0.3, -0.25) is 9.59 Å². The van der Waals surface area contributed by atoms with Crippen LogP contribution in [0.3, 0.4) is 0 Å². The lowest BCUT2D eigenvalue weighted by Crippen LogP contribution is -1.55.